The van der Waals surface area contributed by atoms with E-state index in [9.17, 15) is 0 Å². The van der Waals surface area contributed by atoms with Crippen LogP contribution in [-0.2, 0) is 0 Å². The average molecular weight is 349 g/mol. The molecule has 0 spiro atoms. The van der Waals surface area contributed by atoms with Gasteiger partial charge in [0.05, 0.1) is 9.50 Å². The molecule has 2 rings (SSSR count). The van der Waals surface area contributed by atoms with Crippen molar-refractivity contribution in [3.05, 3.63) is 50.5 Å². The number of benzene rings is 1. The topological polar surface area (TPSA) is 12.9 Å². The van der Waals surface area contributed by atoms with Crippen LogP contribution < -0.4 is 0 Å². The lowest BCUT2D eigenvalue weighted by molar-refractivity contribution is 1.08. The summed E-state index contributed by atoms with van der Waals surface area (Å²) in [6, 6.07) is 7.35. The Labute approximate surface area is 123 Å². The molecule has 0 saturated carbocycles. The van der Waals surface area contributed by atoms with Crippen molar-refractivity contribution in [1.29, 1.82) is 0 Å². The molecule has 0 N–H and O–H groups in total. The van der Waals surface area contributed by atoms with Crippen LogP contribution in [0.3, 0.4) is 0 Å². The van der Waals surface area contributed by atoms with Crippen molar-refractivity contribution in [3.8, 4) is 0 Å². The standard InChI is InChI=1S/C12H8BrCl2NS/c1-7-4-5-16-12(11(7)13)17-10-6-8(14)2-3-9(10)15/h2-6H,1H3. The molecule has 1 nitrogen and oxygen atoms in total. The van der Waals surface area contributed by atoms with Gasteiger partial charge in [0.25, 0.3) is 0 Å². The highest BCUT2D eigenvalue weighted by Gasteiger charge is 2.09. The summed E-state index contributed by atoms with van der Waals surface area (Å²) in [5.74, 6) is 0. The first kappa shape index (κ1) is 13.2. The molecular weight excluding hydrogens is 341 g/mol. The highest BCUT2D eigenvalue weighted by molar-refractivity contribution is 9.10. The van der Waals surface area contributed by atoms with Gasteiger partial charge in [0.2, 0.25) is 0 Å². The van der Waals surface area contributed by atoms with Crippen LogP contribution in [-0.4, -0.2) is 4.98 Å². The van der Waals surface area contributed by atoms with E-state index in [0.29, 0.717) is 10.0 Å². The minimum absolute atomic E-state index is 0.667. The Morgan fingerprint density at radius 3 is 2.76 bits per heavy atom. The molecule has 0 unspecified atom stereocenters. The van der Waals surface area contributed by atoms with Gasteiger partial charge in [-0.25, -0.2) is 4.98 Å². The Morgan fingerprint density at radius 2 is 2.00 bits per heavy atom. The minimum atomic E-state index is 0.667. The Morgan fingerprint density at radius 1 is 1.24 bits per heavy atom. The van der Waals surface area contributed by atoms with Crippen molar-refractivity contribution in [1.82, 2.24) is 4.98 Å². The summed E-state index contributed by atoms with van der Waals surface area (Å²) >= 11 is 17.1. The molecule has 0 amide bonds. The highest BCUT2D eigenvalue weighted by atomic mass is 79.9. The first-order chi connectivity index (χ1) is 8.08. The van der Waals surface area contributed by atoms with E-state index in [0.717, 1.165) is 20.0 Å². The highest BCUT2D eigenvalue weighted by Crippen LogP contribution is 2.37. The maximum absolute atomic E-state index is 6.12. The van der Waals surface area contributed by atoms with Crippen molar-refractivity contribution < 1.29 is 0 Å². The zero-order valence-electron chi connectivity index (χ0n) is 8.88. The summed E-state index contributed by atoms with van der Waals surface area (Å²) in [6.45, 7) is 2.02. The molecule has 0 fully saturated rings. The monoisotopic (exact) mass is 347 g/mol. The molecule has 2 aromatic rings. The number of hydrogen-bond acceptors (Lipinski definition) is 2. The second-order valence-corrected chi connectivity index (χ2v) is 6.09. The Kier molecular flexibility index (Phi) is 4.36. The van der Waals surface area contributed by atoms with Crippen molar-refractivity contribution in [2.75, 3.05) is 0 Å². The molecule has 0 aliphatic heterocycles. The van der Waals surface area contributed by atoms with E-state index in [1.165, 1.54) is 11.8 Å². The molecule has 0 aliphatic carbocycles. The smallest absolute Gasteiger partial charge is 0.115 e. The Hall–Kier alpha value is -0.220. The third-order valence-corrected chi connectivity index (χ3v) is 5.15. The fourth-order valence-electron chi connectivity index (χ4n) is 1.25. The number of aromatic nitrogens is 1. The second kappa shape index (κ2) is 5.61. The predicted molar refractivity (Wildman–Crippen MR) is 77.3 cm³/mol. The minimum Gasteiger partial charge on any atom is -0.248 e. The number of pyridine rings is 1. The van der Waals surface area contributed by atoms with Gasteiger partial charge < -0.3 is 0 Å². The quantitative estimate of drug-likeness (QED) is 0.699. The molecule has 5 heteroatoms. The maximum atomic E-state index is 6.12. The molecule has 0 bridgehead atoms. The summed E-state index contributed by atoms with van der Waals surface area (Å²) in [6.07, 6.45) is 1.78. The van der Waals surface area contributed by atoms with Gasteiger partial charge in [-0.05, 0) is 52.7 Å². The van der Waals surface area contributed by atoms with Crippen LogP contribution >= 0.6 is 50.9 Å². The van der Waals surface area contributed by atoms with Crippen molar-refractivity contribution >= 4 is 50.9 Å². The molecule has 17 heavy (non-hydrogen) atoms. The maximum Gasteiger partial charge on any atom is 0.115 e. The summed E-state index contributed by atoms with van der Waals surface area (Å²) in [5.41, 5.74) is 1.14. The van der Waals surface area contributed by atoms with Gasteiger partial charge in [0, 0.05) is 16.1 Å². The summed E-state index contributed by atoms with van der Waals surface area (Å²) in [5, 5.41) is 2.23. The molecule has 0 radical (unpaired) electrons. The van der Waals surface area contributed by atoms with Crippen molar-refractivity contribution in [3.63, 3.8) is 0 Å². The van der Waals surface area contributed by atoms with Gasteiger partial charge in [-0.15, -0.1) is 0 Å². The molecule has 0 saturated heterocycles. The van der Waals surface area contributed by atoms with Gasteiger partial charge in [0.1, 0.15) is 5.03 Å². The second-order valence-electron chi connectivity index (χ2n) is 3.42. The number of nitrogens with zero attached hydrogens (tertiary/aromatic N) is 1. The number of aryl methyl sites for hydroxylation is 1. The van der Waals surface area contributed by atoms with Crippen LogP contribution in [0.25, 0.3) is 0 Å². The number of hydrogen-bond donors (Lipinski definition) is 0. The molecule has 0 aliphatic rings. The van der Waals surface area contributed by atoms with E-state index in [1.807, 2.05) is 19.1 Å². The average Bonchev–Trinajstić information content (AvgIpc) is 2.30. The Balaban J connectivity index is 2.38. The molecular formula is C12H8BrCl2NS. The van der Waals surface area contributed by atoms with Gasteiger partial charge in [-0.3, -0.25) is 0 Å². The van der Waals surface area contributed by atoms with Gasteiger partial charge in [-0.1, -0.05) is 35.0 Å². The predicted octanol–water partition coefficient (Wildman–Crippen LogP) is 5.61. The van der Waals surface area contributed by atoms with Crippen LogP contribution in [0.1, 0.15) is 5.56 Å². The number of halogens is 3. The van der Waals surface area contributed by atoms with Crippen LogP contribution in [0.5, 0.6) is 0 Å². The first-order valence-electron chi connectivity index (χ1n) is 4.82. The summed E-state index contributed by atoms with van der Waals surface area (Å²) in [7, 11) is 0. The molecule has 1 aromatic carbocycles. The largest absolute Gasteiger partial charge is 0.248 e. The van der Waals surface area contributed by atoms with Crippen LogP contribution in [0.4, 0.5) is 0 Å². The van der Waals surface area contributed by atoms with Crippen LogP contribution in [0, 0.1) is 6.92 Å². The van der Waals surface area contributed by atoms with E-state index in [-0.39, 0.29) is 0 Å². The van der Waals surface area contributed by atoms with Gasteiger partial charge in [0.15, 0.2) is 0 Å². The van der Waals surface area contributed by atoms with E-state index < -0.39 is 0 Å². The molecule has 1 heterocycles. The van der Waals surface area contributed by atoms with Crippen LogP contribution in [0.15, 0.2) is 44.9 Å². The van der Waals surface area contributed by atoms with Crippen molar-refractivity contribution in [2.24, 2.45) is 0 Å². The molecule has 1 aromatic heterocycles. The summed E-state index contributed by atoms with van der Waals surface area (Å²) < 4.78 is 0.987. The third kappa shape index (κ3) is 3.16. The van der Waals surface area contributed by atoms with Crippen molar-refractivity contribution in [2.45, 2.75) is 16.8 Å². The van der Waals surface area contributed by atoms with E-state index in [4.69, 9.17) is 23.2 Å². The molecule has 0 atom stereocenters. The van der Waals surface area contributed by atoms with Gasteiger partial charge in [-0.2, -0.15) is 0 Å². The lowest BCUT2D eigenvalue weighted by atomic mass is 10.3. The lowest BCUT2D eigenvalue weighted by Crippen LogP contribution is -1.85. The van der Waals surface area contributed by atoms with E-state index in [1.54, 1.807) is 18.3 Å². The zero-order valence-corrected chi connectivity index (χ0v) is 12.8. The zero-order chi connectivity index (χ0) is 12.4. The third-order valence-electron chi connectivity index (χ3n) is 2.15. The Bertz CT molecular complexity index is 560. The molecule has 88 valence electrons. The first-order valence-corrected chi connectivity index (χ1v) is 7.18. The van der Waals surface area contributed by atoms with Gasteiger partial charge >= 0.3 is 0 Å². The fourth-order valence-corrected chi connectivity index (χ4v) is 3.12. The number of rotatable bonds is 2. The SMILES string of the molecule is Cc1ccnc(Sc2cc(Cl)ccc2Cl)c1Br. The van der Waals surface area contributed by atoms with Crippen LogP contribution in [0.2, 0.25) is 10.0 Å². The normalized spacial score (nSPS) is 10.6. The summed E-state index contributed by atoms with van der Waals surface area (Å²) in [4.78, 5) is 5.22. The fraction of sp³-hybridized carbons (Fsp3) is 0.0833. The van der Waals surface area contributed by atoms with E-state index >= 15 is 0 Å². The lowest BCUT2D eigenvalue weighted by Gasteiger charge is -2.07. The van der Waals surface area contributed by atoms with E-state index in [2.05, 4.69) is 20.9 Å².